The van der Waals surface area contributed by atoms with Gasteiger partial charge in [0.1, 0.15) is 0 Å². The first kappa shape index (κ1) is 13.6. The van der Waals surface area contributed by atoms with Crippen LogP contribution in [0.2, 0.25) is 0 Å². The number of aromatic nitrogens is 2. The fraction of sp³-hybridized carbons (Fsp3) is 0.250. The molecule has 0 saturated heterocycles. The van der Waals surface area contributed by atoms with Crippen LogP contribution >= 0.6 is 0 Å². The van der Waals surface area contributed by atoms with Gasteiger partial charge in [-0.3, -0.25) is 0 Å². The van der Waals surface area contributed by atoms with E-state index in [2.05, 4.69) is 4.98 Å². The third kappa shape index (κ3) is 2.34. The van der Waals surface area contributed by atoms with Crippen molar-refractivity contribution in [2.75, 3.05) is 5.73 Å². The molecular formula is C12H16N4O2S. The number of nitrogen functional groups attached to an aromatic ring is 1. The molecular weight excluding hydrogens is 264 g/mol. The molecule has 102 valence electrons. The quantitative estimate of drug-likeness (QED) is 0.801. The van der Waals surface area contributed by atoms with Crippen molar-refractivity contribution in [3.8, 4) is 5.69 Å². The fourth-order valence-corrected chi connectivity index (χ4v) is 2.81. The Labute approximate surface area is 112 Å². The second-order valence-electron chi connectivity index (χ2n) is 4.49. The molecule has 2 aromatic rings. The number of imidazole rings is 1. The zero-order valence-electron chi connectivity index (χ0n) is 11.0. The summed E-state index contributed by atoms with van der Waals surface area (Å²) in [5.41, 5.74) is 9.13. The molecule has 1 heterocycles. The molecule has 0 bridgehead atoms. The second kappa shape index (κ2) is 4.36. The van der Waals surface area contributed by atoms with Crippen LogP contribution in [0.25, 0.3) is 5.69 Å². The van der Waals surface area contributed by atoms with E-state index in [-0.39, 0.29) is 4.90 Å². The lowest BCUT2D eigenvalue weighted by Gasteiger charge is -2.13. The van der Waals surface area contributed by atoms with Gasteiger partial charge in [-0.25, -0.2) is 18.5 Å². The van der Waals surface area contributed by atoms with Gasteiger partial charge in [-0.15, -0.1) is 0 Å². The van der Waals surface area contributed by atoms with Gasteiger partial charge in [-0.05, 0) is 38.5 Å². The Balaban J connectivity index is 2.79. The number of sulfonamides is 1. The molecule has 0 spiro atoms. The summed E-state index contributed by atoms with van der Waals surface area (Å²) in [6, 6.07) is 3.07. The van der Waals surface area contributed by atoms with Crippen LogP contribution in [0.1, 0.15) is 17.0 Å². The number of primary sulfonamides is 1. The molecule has 4 N–H and O–H groups in total. The molecule has 19 heavy (non-hydrogen) atoms. The maximum atomic E-state index is 11.6. The molecule has 0 unspecified atom stereocenters. The van der Waals surface area contributed by atoms with Gasteiger partial charge in [0.05, 0.1) is 22.6 Å². The Morgan fingerprint density at radius 3 is 2.32 bits per heavy atom. The van der Waals surface area contributed by atoms with E-state index in [0.717, 1.165) is 11.4 Å². The Kier molecular flexibility index (Phi) is 3.11. The smallest absolute Gasteiger partial charge is 0.238 e. The first-order valence-corrected chi connectivity index (χ1v) is 7.20. The van der Waals surface area contributed by atoms with Crippen LogP contribution in [0.15, 0.2) is 23.4 Å². The highest BCUT2D eigenvalue weighted by molar-refractivity contribution is 7.89. The molecule has 0 aliphatic rings. The number of hydrogen-bond acceptors (Lipinski definition) is 4. The van der Waals surface area contributed by atoms with Crippen LogP contribution in [0.3, 0.4) is 0 Å². The summed E-state index contributed by atoms with van der Waals surface area (Å²) in [6.45, 7) is 5.49. The molecule has 0 saturated carbocycles. The van der Waals surface area contributed by atoms with Crippen molar-refractivity contribution in [1.82, 2.24) is 9.55 Å². The number of anilines is 1. The summed E-state index contributed by atoms with van der Waals surface area (Å²) >= 11 is 0. The minimum absolute atomic E-state index is 0.0354. The van der Waals surface area contributed by atoms with Gasteiger partial charge in [0.2, 0.25) is 10.0 Å². The zero-order valence-corrected chi connectivity index (χ0v) is 11.8. The predicted octanol–water partition coefficient (Wildman–Crippen LogP) is 1.03. The average molecular weight is 280 g/mol. The molecule has 0 aliphatic heterocycles. The highest BCUT2D eigenvalue weighted by atomic mass is 32.2. The van der Waals surface area contributed by atoms with E-state index in [1.54, 1.807) is 23.9 Å². The Hall–Kier alpha value is -1.86. The summed E-state index contributed by atoms with van der Waals surface area (Å²) in [7, 11) is -3.81. The van der Waals surface area contributed by atoms with Crippen LogP contribution in [-0.2, 0) is 10.0 Å². The van der Waals surface area contributed by atoms with E-state index in [4.69, 9.17) is 10.9 Å². The third-order valence-electron chi connectivity index (χ3n) is 3.17. The van der Waals surface area contributed by atoms with E-state index in [1.165, 1.54) is 6.07 Å². The van der Waals surface area contributed by atoms with Crippen molar-refractivity contribution in [3.63, 3.8) is 0 Å². The fourth-order valence-electron chi connectivity index (χ4n) is 1.98. The van der Waals surface area contributed by atoms with Crippen molar-refractivity contribution in [3.05, 3.63) is 35.4 Å². The van der Waals surface area contributed by atoms with Crippen LogP contribution in [0.4, 0.5) is 5.69 Å². The normalized spacial score (nSPS) is 11.8. The lowest BCUT2D eigenvalue weighted by molar-refractivity contribution is 0.597. The van der Waals surface area contributed by atoms with Gasteiger partial charge in [0.15, 0.2) is 0 Å². The van der Waals surface area contributed by atoms with Gasteiger partial charge < -0.3 is 10.3 Å². The van der Waals surface area contributed by atoms with Crippen molar-refractivity contribution < 1.29 is 8.42 Å². The number of benzene rings is 1. The minimum atomic E-state index is -3.81. The zero-order chi connectivity index (χ0) is 14.4. The van der Waals surface area contributed by atoms with Gasteiger partial charge in [0.25, 0.3) is 0 Å². The van der Waals surface area contributed by atoms with Crippen molar-refractivity contribution in [2.45, 2.75) is 25.7 Å². The monoisotopic (exact) mass is 280 g/mol. The first-order chi connectivity index (χ1) is 8.71. The van der Waals surface area contributed by atoms with Gasteiger partial charge in [0, 0.05) is 11.4 Å². The van der Waals surface area contributed by atoms with Crippen LogP contribution < -0.4 is 10.9 Å². The number of nitrogens with zero attached hydrogens (tertiary/aromatic N) is 2. The number of hydrogen-bond donors (Lipinski definition) is 2. The molecule has 0 amide bonds. The minimum Gasteiger partial charge on any atom is -0.399 e. The number of aryl methyl sites for hydroxylation is 1. The molecule has 0 atom stereocenters. The first-order valence-electron chi connectivity index (χ1n) is 5.65. The molecule has 2 rings (SSSR count). The lowest BCUT2D eigenvalue weighted by Crippen LogP contribution is -2.15. The Bertz CT molecular complexity index is 747. The molecule has 1 aromatic heterocycles. The number of nitrogens with two attached hydrogens (primary N) is 2. The highest BCUT2D eigenvalue weighted by Crippen LogP contribution is 2.26. The summed E-state index contributed by atoms with van der Waals surface area (Å²) in [6.07, 6.45) is 1.64. The second-order valence-corrected chi connectivity index (χ2v) is 6.02. The number of rotatable bonds is 2. The highest BCUT2D eigenvalue weighted by Gasteiger charge is 2.17. The van der Waals surface area contributed by atoms with Crippen molar-refractivity contribution in [2.24, 2.45) is 5.14 Å². The SMILES string of the molecule is Cc1ncn(-c2cc(N)cc(S(N)(=O)=O)c2C)c1C. The van der Waals surface area contributed by atoms with Crippen molar-refractivity contribution >= 4 is 15.7 Å². The van der Waals surface area contributed by atoms with E-state index in [0.29, 0.717) is 16.9 Å². The molecule has 0 fully saturated rings. The van der Waals surface area contributed by atoms with Crippen molar-refractivity contribution in [1.29, 1.82) is 0 Å². The van der Waals surface area contributed by atoms with E-state index in [1.807, 2.05) is 13.8 Å². The van der Waals surface area contributed by atoms with Gasteiger partial charge >= 0.3 is 0 Å². The van der Waals surface area contributed by atoms with Gasteiger partial charge in [-0.2, -0.15) is 0 Å². The summed E-state index contributed by atoms with van der Waals surface area (Å²) in [5, 5.41) is 5.21. The molecule has 6 nitrogen and oxygen atoms in total. The van der Waals surface area contributed by atoms with E-state index in [9.17, 15) is 8.42 Å². The maximum absolute atomic E-state index is 11.6. The summed E-state index contributed by atoms with van der Waals surface area (Å²) in [5.74, 6) is 0. The largest absolute Gasteiger partial charge is 0.399 e. The van der Waals surface area contributed by atoms with Crippen LogP contribution in [0.5, 0.6) is 0 Å². The molecule has 7 heteroatoms. The van der Waals surface area contributed by atoms with Crippen LogP contribution in [0, 0.1) is 20.8 Å². The standard InChI is InChI=1S/C12H16N4O2S/c1-7-11(16-6-15-8(2)9(16)3)4-10(13)5-12(7)19(14,17)18/h4-6H,13H2,1-3H3,(H2,14,17,18). The van der Waals surface area contributed by atoms with Gasteiger partial charge in [-0.1, -0.05) is 0 Å². The molecule has 0 radical (unpaired) electrons. The Morgan fingerprint density at radius 1 is 1.21 bits per heavy atom. The lowest BCUT2D eigenvalue weighted by atomic mass is 10.1. The Morgan fingerprint density at radius 2 is 1.84 bits per heavy atom. The topological polar surface area (TPSA) is 104 Å². The molecule has 1 aromatic carbocycles. The van der Waals surface area contributed by atoms with E-state index >= 15 is 0 Å². The molecule has 0 aliphatic carbocycles. The summed E-state index contributed by atoms with van der Waals surface area (Å²) < 4.78 is 25.0. The predicted molar refractivity (Wildman–Crippen MR) is 73.6 cm³/mol. The van der Waals surface area contributed by atoms with Crippen LogP contribution in [-0.4, -0.2) is 18.0 Å². The third-order valence-corrected chi connectivity index (χ3v) is 4.21. The van der Waals surface area contributed by atoms with E-state index < -0.39 is 10.0 Å². The summed E-state index contributed by atoms with van der Waals surface area (Å²) in [4.78, 5) is 4.23. The average Bonchev–Trinajstić information content (AvgIpc) is 2.61. The maximum Gasteiger partial charge on any atom is 0.238 e.